The smallest absolute Gasteiger partial charge is 0.227 e. The Morgan fingerprint density at radius 3 is 2.67 bits per heavy atom. The zero-order valence-electron chi connectivity index (χ0n) is 15.5. The van der Waals surface area contributed by atoms with E-state index in [0.717, 1.165) is 17.0 Å². The summed E-state index contributed by atoms with van der Waals surface area (Å²) in [5.41, 5.74) is 2.13. The van der Waals surface area contributed by atoms with Crippen molar-refractivity contribution in [3.05, 3.63) is 59.4 Å². The van der Waals surface area contributed by atoms with Crippen LogP contribution in [-0.4, -0.2) is 25.0 Å². The van der Waals surface area contributed by atoms with Crippen molar-refractivity contribution >= 4 is 17.5 Å². The number of hydrogen-bond acceptors (Lipinski definition) is 3. The number of anilines is 1. The third kappa shape index (κ3) is 4.45. The highest BCUT2D eigenvalue weighted by molar-refractivity contribution is 6.00. The van der Waals surface area contributed by atoms with Crippen molar-refractivity contribution in [1.82, 2.24) is 5.32 Å². The molecule has 2 aromatic carbocycles. The van der Waals surface area contributed by atoms with Gasteiger partial charge >= 0.3 is 0 Å². The number of carbonyl (C=O) groups excluding carboxylic acids is 2. The largest absolute Gasteiger partial charge is 0.494 e. The first-order valence-electron chi connectivity index (χ1n) is 9.04. The van der Waals surface area contributed by atoms with Crippen molar-refractivity contribution in [3.8, 4) is 5.75 Å². The van der Waals surface area contributed by atoms with E-state index in [4.69, 9.17) is 4.74 Å². The van der Waals surface area contributed by atoms with Gasteiger partial charge in [0.2, 0.25) is 11.8 Å². The van der Waals surface area contributed by atoms with Gasteiger partial charge in [-0.2, -0.15) is 0 Å². The summed E-state index contributed by atoms with van der Waals surface area (Å²) in [6.45, 7) is 4.84. The molecule has 1 aliphatic heterocycles. The van der Waals surface area contributed by atoms with Crippen molar-refractivity contribution in [2.24, 2.45) is 5.92 Å². The molecule has 1 N–H and O–H groups in total. The lowest BCUT2D eigenvalue weighted by atomic mass is 10.1. The topological polar surface area (TPSA) is 58.6 Å². The van der Waals surface area contributed by atoms with Crippen LogP contribution in [0.2, 0.25) is 0 Å². The number of rotatable bonds is 6. The summed E-state index contributed by atoms with van der Waals surface area (Å²) < 4.78 is 18.7. The molecule has 1 heterocycles. The fourth-order valence-electron chi connectivity index (χ4n) is 3.17. The van der Waals surface area contributed by atoms with Crippen LogP contribution in [0.5, 0.6) is 5.75 Å². The van der Waals surface area contributed by atoms with E-state index >= 15 is 0 Å². The van der Waals surface area contributed by atoms with Gasteiger partial charge in [0.25, 0.3) is 0 Å². The summed E-state index contributed by atoms with van der Waals surface area (Å²) in [5, 5.41) is 2.85. The Morgan fingerprint density at radius 2 is 2.00 bits per heavy atom. The lowest BCUT2D eigenvalue weighted by molar-refractivity contribution is -0.126. The van der Waals surface area contributed by atoms with E-state index in [1.54, 1.807) is 24.0 Å². The van der Waals surface area contributed by atoms with Crippen LogP contribution in [0.1, 0.15) is 24.5 Å². The second-order valence-electron chi connectivity index (χ2n) is 6.63. The Labute approximate surface area is 158 Å². The number of benzene rings is 2. The van der Waals surface area contributed by atoms with Gasteiger partial charge in [-0.05, 0) is 55.3 Å². The van der Waals surface area contributed by atoms with Crippen LogP contribution in [0.25, 0.3) is 0 Å². The van der Waals surface area contributed by atoms with E-state index in [1.165, 1.54) is 6.07 Å². The van der Waals surface area contributed by atoms with Crippen molar-refractivity contribution in [2.45, 2.75) is 26.8 Å². The first-order valence-corrected chi connectivity index (χ1v) is 9.04. The zero-order valence-corrected chi connectivity index (χ0v) is 15.5. The van der Waals surface area contributed by atoms with E-state index < -0.39 is 5.92 Å². The van der Waals surface area contributed by atoms with E-state index in [9.17, 15) is 14.0 Å². The predicted octanol–water partition coefficient (Wildman–Crippen LogP) is 3.20. The molecule has 6 heteroatoms. The molecule has 27 heavy (non-hydrogen) atoms. The number of nitrogens with zero attached hydrogens (tertiary/aromatic N) is 1. The Kier molecular flexibility index (Phi) is 5.74. The van der Waals surface area contributed by atoms with Gasteiger partial charge in [0.15, 0.2) is 0 Å². The molecule has 0 aliphatic carbocycles. The maximum absolute atomic E-state index is 13.3. The number of carbonyl (C=O) groups is 2. The second kappa shape index (κ2) is 8.20. The number of aryl methyl sites for hydroxylation is 1. The van der Waals surface area contributed by atoms with Crippen LogP contribution in [-0.2, 0) is 16.1 Å². The van der Waals surface area contributed by atoms with Crippen LogP contribution < -0.4 is 15.0 Å². The molecule has 1 atom stereocenters. The molecule has 0 unspecified atom stereocenters. The minimum Gasteiger partial charge on any atom is -0.494 e. The van der Waals surface area contributed by atoms with Crippen molar-refractivity contribution in [1.29, 1.82) is 0 Å². The van der Waals surface area contributed by atoms with Crippen molar-refractivity contribution < 1.29 is 18.7 Å². The minimum absolute atomic E-state index is 0.0723. The molecule has 2 amide bonds. The van der Waals surface area contributed by atoms with Crippen LogP contribution in [0.3, 0.4) is 0 Å². The van der Waals surface area contributed by atoms with Crippen molar-refractivity contribution in [3.63, 3.8) is 0 Å². The number of halogens is 1. The lowest BCUT2D eigenvalue weighted by Crippen LogP contribution is -2.32. The molecule has 3 rings (SSSR count). The molecule has 1 saturated heterocycles. The monoisotopic (exact) mass is 370 g/mol. The van der Waals surface area contributed by atoms with Crippen molar-refractivity contribution in [2.75, 3.05) is 18.1 Å². The Morgan fingerprint density at radius 1 is 1.26 bits per heavy atom. The summed E-state index contributed by atoms with van der Waals surface area (Å²) >= 11 is 0. The third-order valence-corrected chi connectivity index (χ3v) is 4.64. The molecule has 1 aliphatic rings. The molecule has 0 spiro atoms. The SMILES string of the molecule is CCOc1ccc(N2C[C@H](C(=O)NCc3ccc(F)c(C)c3)CC2=O)cc1. The molecule has 0 radical (unpaired) electrons. The molecule has 2 aromatic rings. The number of ether oxygens (including phenoxy) is 1. The lowest BCUT2D eigenvalue weighted by Gasteiger charge is -2.17. The van der Waals surface area contributed by atoms with E-state index in [0.29, 0.717) is 25.3 Å². The second-order valence-corrected chi connectivity index (χ2v) is 6.63. The van der Waals surface area contributed by atoms with E-state index in [2.05, 4.69) is 5.32 Å². The summed E-state index contributed by atoms with van der Waals surface area (Å²) in [6.07, 6.45) is 0.182. The number of nitrogens with one attached hydrogen (secondary N) is 1. The third-order valence-electron chi connectivity index (χ3n) is 4.64. The van der Waals surface area contributed by atoms with Gasteiger partial charge in [0.1, 0.15) is 11.6 Å². The standard InChI is InChI=1S/C21H23FN2O3/c1-3-27-18-7-5-17(6-8-18)24-13-16(11-20(24)25)21(26)23-12-15-4-9-19(22)14(2)10-15/h4-10,16H,3,11-13H2,1-2H3,(H,23,26)/t16-/m1/s1. The van der Waals surface area contributed by atoms with Crippen LogP contribution in [0.15, 0.2) is 42.5 Å². The molecule has 0 bridgehead atoms. The van der Waals surface area contributed by atoms with Crippen LogP contribution >= 0.6 is 0 Å². The van der Waals surface area contributed by atoms with Gasteiger partial charge in [0.05, 0.1) is 12.5 Å². The Hall–Kier alpha value is -2.89. The molecule has 0 saturated carbocycles. The van der Waals surface area contributed by atoms with Gasteiger partial charge in [0, 0.05) is 25.2 Å². The Balaban J connectivity index is 1.59. The highest BCUT2D eigenvalue weighted by atomic mass is 19.1. The van der Waals surface area contributed by atoms with Gasteiger partial charge < -0.3 is 15.0 Å². The maximum atomic E-state index is 13.3. The van der Waals surface area contributed by atoms with E-state index in [-0.39, 0.29) is 24.1 Å². The fourth-order valence-corrected chi connectivity index (χ4v) is 3.17. The molecule has 0 aromatic heterocycles. The minimum atomic E-state index is -0.398. The summed E-state index contributed by atoms with van der Waals surface area (Å²) in [5.74, 6) is -0.157. The average Bonchev–Trinajstić information content (AvgIpc) is 3.05. The summed E-state index contributed by atoms with van der Waals surface area (Å²) in [7, 11) is 0. The predicted molar refractivity (Wildman–Crippen MR) is 101 cm³/mol. The van der Waals surface area contributed by atoms with Gasteiger partial charge in [-0.3, -0.25) is 9.59 Å². The normalized spacial score (nSPS) is 16.5. The summed E-state index contributed by atoms with van der Waals surface area (Å²) in [4.78, 5) is 26.4. The average molecular weight is 370 g/mol. The molecular weight excluding hydrogens is 347 g/mol. The summed E-state index contributed by atoms with van der Waals surface area (Å²) in [6, 6.07) is 12.0. The first-order chi connectivity index (χ1) is 13.0. The maximum Gasteiger partial charge on any atom is 0.227 e. The van der Waals surface area contributed by atoms with Gasteiger partial charge in [-0.1, -0.05) is 12.1 Å². The molecule has 1 fully saturated rings. The molecular formula is C21H23FN2O3. The van der Waals surface area contributed by atoms with Gasteiger partial charge in [-0.15, -0.1) is 0 Å². The van der Waals surface area contributed by atoms with Crippen LogP contribution in [0, 0.1) is 18.7 Å². The highest BCUT2D eigenvalue weighted by Gasteiger charge is 2.35. The fraction of sp³-hybridized carbons (Fsp3) is 0.333. The highest BCUT2D eigenvalue weighted by Crippen LogP contribution is 2.27. The zero-order chi connectivity index (χ0) is 19.4. The van der Waals surface area contributed by atoms with Crippen LogP contribution in [0.4, 0.5) is 10.1 Å². The molecule has 142 valence electrons. The molecule has 5 nitrogen and oxygen atoms in total. The Bertz CT molecular complexity index is 836. The number of hydrogen-bond donors (Lipinski definition) is 1. The quantitative estimate of drug-likeness (QED) is 0.850. The van der Waals surface area contributed by atoms with Gasteiger partial charge in [-0.25, -0.2) is 4.39 Å². The van der Waals surface area contributed by atoms with E-state index in [1.807, 2.05) is 31.2 Å². The first kappa shape index (κ1) is 18.9. The number of amides is 2.